The Morgan fingerprint density at radius 1 is 1.56 bits per heavy atom. The Morgan fingerprint density at radius 3 is 2.88 bits per heavy atom. The lowest BCUT2D eigenvalue weighted by Crippen LogP contribution is -2.26. The second kappa shape index (κ2) is 4.51. The van der Waals surface area contributed by atoms with E-state index in [1.165, 1.54) is 0 Å². The molecule has 2 atom stereocenters. The molecular weight excluding hydrogens is 202 g/mol. The van der Waals surface area contributed by atoms with Gasteiger partial charge in [-0.2, -0.15) is 0 Å². The highest BCUT2D eigenvalue weighted by molar-refractivity contribution is 5.94. The largest absolute Gasteiger partial charge is 0.373 e. The van der Waals surface area contributed by atoms with Crippen molar-refractivity contribution >= 4 is 11.7 Å². The van der Waals surface area contributed by atoms with Crippen LogP contribution in [0.25, 0.3) is 0 Å². The molecule has 0 aromatic carbocycles. The molecule has 4 nitrogen and oxygen atoms in total. The second-order valence-corrected chi connectivity index (χ2v) is 4.17. The van der Waals surface area contributed by atoms with Crippen molar-refractivity contribution in [1.82, 2.24) is 10.3 Å². The van der Waals surface area contributed by atoms with E-state index in [4.69, 9.17) is 0 Å². The number of carbonyl (C=O) groups is 1. The van der Waals surface area contributed by atoms with Gasteiger partial charge >= 0.3 is 0 Å². The molecule has 0 saturated heterocycles. The van der Waals surface area contributed by atoms with Gasteiger partial charge in [0.1, 0.15) is 5.82 Å². The van der Waals surface area contributed by atoms with Crippen molar-refractivity contribution in [2.24, 2.45) is 5.92 Å². The zero-order valence-corrected chi connectivity index (χ0v) is 9.66. The van der Waals surface area contributed by atoms with Crippen molar-refractivity contribution in [2.45, 2.75) is 25.8 Å². The molecule has 1 aromatic rings. The zero-order chi connectivity index (χ0) is 11.5. The number of aromatic nitrogens is 1. The summed E-state index contributed by atoms with van der Waals surface area (Å²) in [6, 6.07) is 3.97. The molecule has 4 heteroatoms. The normalized spacial score (nSPS) is 22.6. The third kappa shape index (κ3) is 2.32. The quantitative estimate of drug-likeness (QED) is 0.809. The van der Waals surface area contributed by atoms with E-state index in [0.717, 1.165) is 18.7 Å². The van der Waals surface area contributed by atoms with Crippen molar-refractivity contribution < 1.29 is 4.79 Å². The number of carbonyl (C=O) groups excluding carboxylic acids is 1. The number of anilines is 1. The fourth-order valence-corrected chi connectivity index (χ4v) is 1.80. The highest BCUT2D eigenvalue weighted by atomic mass is 16.1. The molecule has 2 rings (SSSR count). The van der Waals surface area contributed by atoms with Gasteiger partial charge in [-0.25, -0.2) is 4.98 Å². The smallest absolute Gasteiger partial charge is 0.253 e. The van der Waals surface area contributed by atoms with Gasteiger partial charge in [0.25, 0.3) is 5.91 Å². The van der Waals surface area contributed by atoms with Crippen LogP contribution >= 0.6 is 0 Å². The Kier molecular flexibility index (Phi) is 3.08. The van der Waals surface area contributed by atoms with Crippen LogP contribution in [0.2, 0.25) is 0 Å². The van der Waals surface area contributed by atoms with Crippen LogP contribution in [0.15, 0.2) is 18.3 Å². The second-order valence-electron chi connectivity index (χ2n) is 4.17. The number of amides is 1. The van der Waals surface area contributed by atoms with Gasteiger partial charge in [-0.1, -0.05) is 13.3 Å². The minimum absolute atomic E-state index is 0.0175. The molecule has 0 bridgehead atoms. The minimum Gasteiger partial charge on any atom is -0.373 e. The number of nitrogens with one attached hydrogen (secondary N) is 2. The topological polar surface area (TPSA) is 54.0 Å². The van der Waals surface area contributed by atoms with E-state index in [0.29, 0.717) is 17.5 Å². The van der Waals surface area contributed by atoms with Crippen LogP contribution in [0.4, 0.5) is 5.82 Å². The van der Waals surface area contributed by atoms with Gasteiger partial charge in [-0.3, -0.25) is 4.79 Å². The minimum atomic E-state index is -0.0175. The summed E-state index contributed by atoms with van der Waals surface area (Å²) in [5.41, 5.74) is 0.626. The fourth-order valence-electron chi connectivity index (χ4n) is 1.80. The lowest BCUT2D eigenvalue weighted by molar-refractivity contribution is 0.0948. The van der Waals surface area contributed by atoms with Crippen molar-refractivity contribution in [3.05, 3.63) is 23.9 Å². The number of rotatable bonds is 4. The van der Waals surface area contributed by atoms with Crippen LogP contribution < -0.4 is 10.6 Å². The summed E-state index contributed by atoms with van der Waals surface area (Å²) in [5, 5.41) is 5.93. The third-order valence-electron chi connectivity index (χ3n) is 3.05. The van der Waals surface area contributed by atoms with Crippen molar-refractivity contribution in [2.75, 3.05) is 12.4 Å². The number of hydrogen-bond acceptors (Lipinski definition) is 3. The van der Waals surface area contributed by atoms with Crippen LogP contribution in [0, 0.1) is 5.92 Å². The van der Waals surface area contributed by atoms with E-state index in [9.17, 15) is 4.79 Å². The molecule has 2 N–H and O–H groups in total. The molecule has 1 saturated carbocycles. The molecule has 1 aromatic heterocycles. The molecular formula is C12H17N3O. The molecule has 1 aliphatic carbocycles. The third-order valence-corrected chi connectivity index (χ3v) is 3.05. The lowest BCUT2D eigenvalue weighted by Gasteiger charge is -2.04. The van der Waals surface area contributed by atoms with E-state index in [1.54, 1.807) is 25.4 Å². The maximum Gasteiger partial charge on any atom is 0.253 e. The molecule has 1 fully saturated rings. The molecule has 16 heavy (non-hydrogen) atoms. The van der Waals surface area contributed by atoms with Crippen LogP contribution in [-0.2, 0) is 0 Å². The zero-order valence-electron chi connectivity index (χ0n) is 9.66. The van der Waals surface area contributed by atoms with Crippen LogP contribution in [0.5, 0.6) is 0 Å². The first-order valence-corrected chi connectivity index (χ1v) is 5.69. The van der Waals surface area contributed by atoms with Gasteiger partial charge in [0.2, 0.25) is 0 Å². The predicted octanol–water partition coefficient (Wildman–Crippen LogP) is 1.65. The molecule has 1 heterocycles. The van der Waals surface area contributed by atoms with Crippen LogP contribution in [0.1, 0.15) is 30.1 Å². The van der Waals surface area contributed by atoms with Gasteiger partial charge in [0, 0.05) is 19.3 Å². The number of nitrogens with zero attached hydrogens (tertiary/aromatic N) is 1. The first kappa shape index (κ1) is 10.9. The number of hydrogen-bond donors (Lipinski definition) is 2. The standard InChI is InChI=1S/C12H17N3O/c1-3-8-6-10(8)15-12(16)9-4-5-11(13-2)14-7-9/h4-5,7-8,10H,3,6H2,1-2H3,(H,13,14)(H,15,16). The van der Waals surface area contributed by atoms with E-state index in [2.05, 4.69) is 22.5 Å². The summed E-state index contributed by atoms with van der Waals surface area (Å²) in [4.78, 5) is 15.9. The van der Waals surface area contributed by atoms with E-state index in [-0.39, 0.29) is 5.91 Å². The molecule has 86 valence electrons. The summed E-state index contributed by atoms with van der Waals surface area (Å²) >= 11 is 0. The monoisotopic (exact) mass is 219 g/mol. The Hall–Kier alpha value is -1.58. The first-order chi connectivity index (χ1) is 7.74. The Balaban J connectivity index is 1.93. The van der Waals surface area contributed by atoms with Crippen molar-refractivity contribution in [3.63, 3.8) is 0 Å². The summed E-state index contributed by atoms with van der Waals surface area (Å²) in [7, 11) is 1.80. The van der Waals surface area contributed by atoms with Gasteiger partial charge in [0.05, 0.1) is 5.56 Å². The number of pyridine rings is 1. The Bertz CT molecular complexity index is 374. The average molecular weight is 219 g/mol. The fraction of sp³-hybridized carbons (Fsp3) is 0.500. The maximum atomic E-state index is 11.8. The summed E-state index contributed by atoms with van der Waals surface area (Å²) in [6.45, 7) is 2.15. The molecule has 0 radical (unpaired) electrons. The maximum absolute atomic E-state index is 11.8. The highest BCUT2D eigenvalue weighted by Gasteiger charge is 2.36. The SMILES string of the molecule is CCC1CC1NC(=O)c1ccc(NC)nc1. The molecule has 1 aliphatic rings. The molecule has 2 unspecified atom stereocenters. The lowest BCUT2D eigenvalue weighted by atomic mass is 10.2. The first-order valence-electron chi connectivity index (χ1n) is 5.69. The summed E-state index contributed by atoms with van der Waals surface area (Å²) < 4.78 is 0. The van der Waals surface area contributed by atoms with Crippen LogP contribution in [-0.4, -0.2) is 24.0 Å². The van der Waals surface area contributed by atoms with Crippen molar-refractivity contribution in [3.8, 4) is 0 Å². The van der Waals surface area contributed by atoms with Gasteiger partial charge in [-0.15, -0.1) is 0 Å². The molecule has 0 spiro atoms. The Labute approximate surface area is 95.5 Å². The summed E-state index contributed by atoms with van der Waals surface area (Å²) in [5.74, 6) is 1.43. The Morgan fingerprint density at radius 2 is 2.38 bits per heavy atom. The highest BCUT2D eigenvalue weighted by Crippen LogP contribution is 2.33. The summed E-state index contributed by atoms with van der Waals surface area (Å²) in [6.07, 6.45) is 3.86. The van der Waals surface area contributed by atoms with Gasteiger partial charge in [-0.05, 0) is 24.5 Å². The van der Waals surface area contributed by atoms with E-state index < -0.39 is 0 Å². The predicted molar refractivity (Wildman–Crippen MR) is 63.4 cm³/mol. The van der Waals surface area contributed by atoms with Crippen molar-refractivity contribution in [1.29, 1.82) is 0 Å². The van der Waals surface area contributed by atoms with Gasteiger partial charge < -0.3 is 10.6 Å². The molecule has 0 aliphatic heterocycles. The van der Waals surface area contributed by atoms with Crippen LogP contribution in [0.3, 0.4) is 0 Å². The van der Waals surface area contributed by atoms with Gasteiger partial charge in [0.15, 0.2) is 0 Å². The van der Waals surface area contributed by atoms with E-state index in [1.807, 2.05) is 0 Å². The average Bonchev–Trinajstić information content (AvgIpc) is 3.07. The molecule has 1 amide bonds. The van der Waals surface area contributed by atoms with E-state index >= 15 is 0 Å².